The lowest BCUT2D eigenvalue weighted by atomic mass is 10.1. The standard InChI is InChI=1S/C12H12N2/c1-14-12-7-10-5-3-2-4-9(10)6-11(12)8-13/h2-8,13-14H,1H3. The number of fused-ring (bicyclic) bond motifs is 1. The molecule has 14 heavy (non-hydrogen) atoms. The molecule has 0 fully saturated rings. The van der Waals surface area contributed by atoms with Gasteiger partial charge in [0, 0.05) is 24.5 Å². The van der Waals surface area contributed by atoms with Gasteiger partial charge < -0.3 is 10.7 Å². The molecule has 0 bridgehead atoms. The van der Waals surface area contributed by atoms with Crippen molar-refractivity contribution in [3.63, 3.8) is 0 Å². The summed E-state index contributed by atoms with van der Waals surface area (Å²) in [7, 11) is 1.87. The second kappa shape index (κ2) is 3.50. The third-order valence-electron chi connectivity index (χ3n) is 2.34. The van der Waals surface area contributed by atoms with Crippen LogP contribution >= 0.6 is 0 Å². The minimum Gasteiger partial charge on any atom is -0.388 e. The Morgan fingerprint density at radius 1 is 1.14 bits per heavy atom. The maximum Gasteiger partial charge on any atom is 0.0432 e. The zero-order valence-corrected chi connectivity index (χ0v) is 8.04. The van der Waals surface area contributed by atoms with E-state index in [9.17, 15) is 0 Å². The number of benzene rings is 2. The van der Waals surface area contributed by atoms with Gasteiger partial charge in [-0.25, -0.2) is 0 Å². The molecule has 2 rings (SSSR count). The molecule has 2 heteroatoms. The monoisotopic (exact) mass is 184 g/mol. The van der Waals surface area contributed by atoms with Crippen molar-refractivity contribution in [2.75, 3.05) is 12.4 Å². The maximum atomic E-state index is 7.30. The number of rotatable bonds is 2. The second-order valence-corrected chi connectivity index (χ2v) is 3.18. The molecule has 2 aromatic carbocycles. The predicted octanol–water partition coefficient (Wildman–Crippen LogP) is 2.88. The Bertz CT molecular complexity index is 475. The van der Waals surface area contributed by atoms with Crippen LogP contribution in [0.15, 0.2) is 36.4 Å². The molecule has 2 N–H and O–H groups in total. The molecule has 0 amide bonds. The lowest BCUT2D eigenvalue weighted by Crippen LogP contribution is -1.94. The summed E-state index contributed by atoms with van der Waals surface area (Å²) < 4.78 is 0. The van der Waals surface area contributed by atoms with Crippen molar-refractivity contribution in [3.05, 3.63) is 42.0 Å². The first-order valence-electron chi connectivity index (χ1n) is 4.56. The molecule has 0 aliphatic heterocycles. The van der Waals surface area contributed by atoms with Crippen molar-refractivity contribution in [1.82, 2.24) is 0 Å². The van der Waals surface area contributed by atoms with E-state index < -0.39 is 0 Å². The topological polar surface area (TPSA) is 35.9 Å². The normalized spacial score (nSPS) is 10.1. The second-order valence-electron chi connectivity index (χ2n) is 3.18. The highest BCUT2D eigenvalue weighted by atomic mass is 14.8. The smallest absolute Gasteiger partial charge is 0.0432 e. The van der Waals surface area contributed by atoms with Gasteiger partial charge in [0.25, 0.3) is 0 Å². The van der Waals surface area contributed by atoms with E-state index in [1.807, 2.05) is 25.2 Å². The number of hydrogen-bond acceptors (Lipinski definition) is 2. The van der Waals surface area contributed by atoms with E-state index in [-0.39, 0.29) is 0 Å². The molecule has 0 saturated carbocycles. The predicted molar refractivity (Wildman–Crippen MR) is 61.4 cm³/mol. The summed E-state index contributed by atoms with van der Waals surface area (Å²) in [4.78, 5) is 0. The highest BCUT2D eigenvalue weighted by Crippen LogP contribution is 2.22. The molecule has 2 nitrogen and oxygen atoms in total. The fourth-order valence-electron chi connectivity index (χ4n) is 1.59. The van der Waals surface area contributed by atoms with Crippen molar-refractivity contribution in [2.24, 2.45) is 0 Å². The van der Waals surface area contributed by atoms with Crippen molar-refractivity contribution in [3.8, 4) is 0 Å². The Hall–Kier alpha value is -1.83. The van der Waals surface area contributed by atoms with Crippen LogP contribution in [0, 0.1) is 5.41 Å². The summed E-state index contributed by atoms with van der Waals surface area (Å²) in [5.74, 6) is 0. The summed E-state index contributed by atoms with van der Waals surface area (Å²) in [6.45, 7) is 0. The minimum atomic E-state index is 0.922. The van der Waals surface area contributed by atoms with Gasteiger partial charge in [0.05, 0.1) is 0 Å². The summed E-state index contributed by atoms with van der Waals surface area (Å²) in [5, 5.41) is 12.8. The average molecular weight is 184 g/mol. The largest absolute Gasteiger partial charge is 0.388 e. The lowest BCUT2D eigenvalue weighted by Gasteiger charge is -2.06. The van der Waals surface area contributed by atoms with E-state index in [1.54, 1.807) is 0 Å². The molecule has 0 unspecified atom stereocenters. The van der Waals surface area contributed by atoms with Crippen molar-refractivity contribution >= 4 is 22.7 Å². The third kappa shape index (κ3) is 1.35. The van der Waals surface area contributed by atoms with Crippen LogP contribution < -0.4 is 5.32 Å². The van der Waals surface area contributed by atoms with Gasteiger partial charge in [0.15, 0.2) is 0 Å². The van der Waals surface area contributed by atoms with Crippen molar-refractivity contribution < 1.29 is 0 Å². The minimum absolute atomic E-state index is 0.922. The molecule has 70 valence electrons. The Balaban J connectivity index is 2.75. The van der Waals surface area contributed by atoms with Gasteiger partial charge >= 0.3 is 0 Å². The van der Waals surface area contributed by atoms with Gasteiger partial charge in [0.2, 0.25) is 0 Å². The summed E-state index contributed by atoms with van der Waals surface area (Å²) >= 11 is 0. The Morgan fingerprint density at radius 3 is 2.36 bits per heavy atom. The van der Waals surface area contributed by atoms with Crippen LogP contribution in [0.4, 0.5) is 5.69 Å². The quantitative estimate of drug-likeness (QED) is 0.692. The molecule has 2 aromatic rings. The molecule has 0 spiro atoms. The van der Waals surface area contributed by atoms with Crippen LogP contribution in [0.1, 0.15) is 5.56 Å². The van der Waals surface area contributed by atoms with Crippen LogP contribution in [-0.2, 0) is 0 Å². The number of anilines is 1. The molecule has 0 atom stereocenters. The van der Waals surface area contributed by atoms with E-state index in [2.05, 4.69) is 23.5 Å². The fraction of sp³-hybridized carbons (Fsp3) is 0.0833. The van der Waals surface area contributed by atoms with Gasteiger partial charge in [0.1, 0.15) is 0 Å². The number of nitrogens with one attached hydrogen (secondary N) is 2. The lowest BCUT2D eigenvalue weighted by molar-refractivity contribution is 1.49. The van der Waals surface area contributed by atoms with Crippen LogP contribution in [-0.4, -0.2) is 13.3 Å². The zero-order valence-electron chi connectivity index (χ0n) is 8.04. The van der Waals surface area contributed by atoms with Crippen LogP contribution in [0.5, 0.6) is 0 Å². The third-order valence-corrected chi connectivity index (χ3v) is 2.34. The first-order chi connectivity index (χ1) is 6.85. The first-order valence-corrected chi connectivity index (χ1v) is 4.56. The van der Waals surface area contributed by atoms with E-state index >= 15 is 0 Å². The molecular formula is C12H12N2. The SMILES string of the molecule is CNc1cc2ccccc2cc1C=N. The van der Waals surface area contributed by atoms with E-state index in [0.717, 1.165) is 11.3 Å². The van der Waals surface area contributed by atoms with Gasteiger partial charge in [-0.15, -0.1) is 0 Å². The van der Waals surface area contributed by atoms with Crippen molar-refractivity contribution in [1.29, 1.82) is 5.41 Å². The molecule has 0 aliphatic rings. The average Bonchev–Trinajstić information content (AvgIpc) is 2.27. The highest BCUT2D eigenvalue weighted by molar-refractivity contribution is 5.96. The Kier molecular flexibility index (Phi) is 2.19. The molecule has 0 aliphatic carbocycles. The Morgan fingerprint density at radius 2 is 1.79 bits per heavy atom. The van der Waals surface area contributed by atoms with Gasteiger partial charge in [-0.3, -0.25) is 0 Å². The van der Waals surface area contributed by atoms with E-state index in [4.69, 9.17) is 5.41 Å². The summed E-state index contributed by atoms with van der Waals surface area (Å²) in [5.41, 5.74) is 1.92. The summed E-state index contributed by atoms with van der Waals surface area (Å²) in [6.07, 6.45) is 1.37. The van der Waals surface area contributed by atoms with E-state index in [1.165, 1.54) is 17.0 Å². The number of hydrogen-bond donors (Lipinski definition) is 2. The van der Waals surface area contributed by atoms with Gasteiger partial charge in [-0.1, -0.05) is 24.3 Å². The Labute approximate surface area is 83.1 Å². The first kappa shape index (κ1) is 8.75. The van der Waals surface area contributed by atoms with Crippen LogP contribution in [0.2, 0.25) is 0 Å². The molecule has 0 radical (unpaired) electrons. The molecule has 0 aromatic heterocycles. The molecular weight excluding hydrogens is 172 g/mol. The van der Waals surface area contributed by atoms with Crippen molar-refractivity contribution in [2.45, 2.75) is 0 Å². The maximum absolute atomic E-state index is 7.30. The highest BCUT2D eigenvalue weighted by Gasteiger charge is 2.00. The fourth-order valence-corrected chi connectivity index (χ4v) is 1.59. The van der Waals surface area contributed by atoms with Gasteiger partial charge in [-0.2, -0.15) is 0 Å². The summed E-state index contributed by atoms with van der Waals surface area (Å²) in [6, 6.07) is 12.2. The molecule has 0 heterocycles. The van der Waals surface area contributed by atoms with E-state index in [0.29, 0.717) is 0 Å². The molecule has 0 saturated heterocycles. The van der Waals surface area contributed by atoms with Gasteiger partial charge in [-0.05, 0) is 22.9 Å². The van der Waals surface area contributed by atoms with Crippen LogP contribution in [0.25, 0.3) is 10.8 Å². The van der Waals surface area contributed by atoms with Crippen LogP contribution in [0.3, 0.4) is 0 Å². The zero-order chi connectivity index (χ0) is 9.97.